The zero-order valence-electron chi connectivity index (χ0n) is 9.95. The van der Waals surface area contributed by atoms with E-state index in [4.69, 9.17) is 0 Å². The fourth-order valence-corrected chi connectivity index (χ4v) is 2.50. The minimum absolute atomic E-state index is 0.0388. The Balaban J connectivity index is 1.95. The largest absolute Gasteiger partial charge is 0.394 e. The average molecular weight is 223 g/mol. The van der Waals surface area contributed by atoms with E-state index in [0.29, 0.717) is 0 Å². The first-order chi connectivity index (χ1) is 7.79. The number of rotatable bonds is 5. The summed E-state index contributed by atoms with van der Waals surface area (Å²) in [6.45, 7) is 4.10. The van der Waals surface area contributed by atoms with Crippen molar-refractivity contribution >= 4 is 0 Å². The molecule has 0 aliphatic heterocycles. The minimum atomic E-state index is -0.0388. The number of hydrogen-bond acceptors (Lipinski definition) is 3. The van der Waals surface area contributed by atoms with Crippen LogP contribution in [0.25, 0.3) is 0 Å². The number of hydrogen-bond donors (Lipinski definition) is 2. The number of aromatic nitrogens is 2. The zero-order valence-corrected chi connectivity index (χ0v) is 9.95. The van der Waals surface area contributed by atoms with Gasteiger partial charge in [-0.1, -0.05) is 12.8 Å². The molecule has 1 aromatic rings. The van der Waals surface area contributed by atoms with Crippen molar-refractivity contribution in [1.29, 1.82) is 0 Å². The van der Waals surface area contributed by atoms with E-state index in [-0.39, 0.29) is 12.1 Å². The van der Waals surface area contributed by atoms with Crippen LogP contribution in [0.2, 0.25) is 0 Å². The van der Waals surface area contributed by atoms with Crippen LogP contribution in [0, 0.1) is 0 Å². The fourth-order valence-electron chi connectivity index (χ4n) is 2.50. The van der Waals surface area contributed by atoms with Crippen LogP contribution in [0.1, 0.15) is 38.3 Å². The zero-order chi connectivity index (χ0) is 11.4. The van der Waals surface area contributed by atoms with Crippen molar-refractivity contribution in [1.82, 2.24) is 14.9 Å². The monoisotopic (exact) mass is 223 g/mol. The van der Waals surface area contributed by atoms with Gasteiger partial charge >= 0.3 is 0 Å². The van der Waals surface area contributed by atoms with Gasteiger partial charge in [0.25, 0.3) is 0 Å². The maximum atomic E-state index is 9.49. The lowest BCUT2D eigenvalue weighted by atomic mass is 9.99. The van der Waals surface area contributed by atoms with Crippen molar-refractivity contribution in [2.45, 2.75) is 51.2 Å². The van der Waals surface area contributed by atoms with Gasteiger partial charge in [-0.15, -0.1) is 0 Å². The lowest BCUT2D eigenvalue weighted by molar-refractivity contribution is 0.162. The van der Waals surface area contributed by atoms with Gasteiger partial charge in [-0.05, 0) is 19.8 Å². The highest BCUT2D eigenvalue weighted by Crippen LogP contribution is 2.29. The van der Waals surface area contributed by atoms with Crippen LogP contribution in [-0.2, 0) is 13.1 Å². The van der Waals surface area contributed by atoms with Crippen LogP contribution < -0.4 is 5.32 Å². The molecule has 0 bridgehead atoms. The Labute approximate surface area is 96.7 Å². The summed E-state index contributed by atoms with van der Waals surface area (Å²) < 4.78 is 2.13. The second kappa shape index (κ2) is 4.97. The molecular formula is C12H21N3O. The van der Waals surface area contributed by atoms with Crippen LogP contribution >= 0.6 is 0 Å². The molecule has 16 heavy (non-hydrogen) atoms. The van der Waals surface area contributed by atoms with E-state index in [1.807, 2.05) is 12.5 Å². The van der Waals surface area contributed by atoms with Gasteiger partial charge in [0.2, 0.25) is 0 Å². The first kappa shape index (κ1) is 11.6. The highest BCUT2D eigenvalue weighted by Gasteiger charge is 2.32. The molecule has 4 nitrogen and oxygen atoms in total. The Hall–Kier alpha value is -0.870. The number of aliphatic hydroxyl groups is 1. The molecule has 1 aliphatic rings. The number of nitrogens with one attached hydrogen (secondary N) is 1. The summed E-state index contributed by atoms with van der Waals surface area (Å²) in [7, 11) is 0. The van der Waals surface area contributed by atoms with Crippen LogP contribution in [0.4, 0.5) is 0 Å². The van der Waals surface area contributed by atoms with E-state index in [2.05, 4.69) is 21.8 Å². The highest BCUT2D eigenvalue weighted by atomic mass is 16.3. The molecule has 0 spiro atoms. The molecule has 2 N–H and O–H groups in total. The summed E-state index contributed by atoms with van der Waals surface area (Å²) in [6.07, 6.45) is 8.38. The van der Waals surface area contributed by atoms with Crippen molar-refractivity contribution in [3.05, 3.63) is 18.2 Å². The molecule has 0 radical (unpaired) electrons. The molecule has 2 rings (SSSR count). The first-order valence-corrected chi connectivity index (χ1v) is 6.14. The molecule has 1 heterocycles. The van der Waals surface area contributed by atoms with E-state index in [1.165, 1.54) is 18.5 Å². The van der Waals surface area contributed by atoms with E-state index in [0.717, 1.165) is 25.9 Å². The van der Waals surface area contributed by atoms with Crippen molar-refractivity contribution in [2.24, 2.45) is 0 Å². The molecule has 0 saturated heterocycles. The Morgan fingerprint density at radius 1 is 1.50 bits per heavy atom. The van der Waals surface area contributed by atoms with Crippen molar-refractivity contribution in [3.63, 3.8) is 0 Å². The fraction of sp³-hybridized carbons (Fsp3) is 0.750. The summed E-state index contributed by atoms with van der Waals surface area (Å²) in [6, 6.07) is 0. The maximum absolute atomic E-state index is 9.49. The quantitative estimate of drug-likeness (QED) is 0.791. The standard InChI is InChI=1S/C12H21N3O/c1-2-15-10-13-7-11(15)8-14-12(9-16)5-3-4-6-12/h7,10,14,16H,2-6,8-9H2,1H3. The number of aryl methyl sites for hydroxylation is 1. The maximum Gasteiger partial charge on any atom is 0.0948 e. The van der Waals surface area contributed by atoms with Crippen LogP contribution in [0.3, 0.4) is 0 Å². The Kier molecular flexibility index (Phi) is 3.61. The van der Waals surface area contributed by atoms with Crippen molar-refractivity contribution in [2.75, 3.05) is 6.61 Å². The van der Waals surface area contributed by atoms with Gasteiger partial charge in [-0.25, -0.2) is 4.98 Å². The molecule has 1 fully saturated rings. The van der Waals surface area contributed by atoms with Gasteiger partial charge < -0.3 is 15.0 Å². The van der Waals surface area contributed by atoms with Gasteiger partial charge in [0.15, 0.2) is 0 Å². The molecule has 1 aliphatic carbocycles. The summed E-state index contributed by atoms with van der Waals surface area (Å²) in [4.78, 5) is 4.15. The molecule has 1 saturated carbocycles. The molecule has 0 unspecified atom stereocenters. The summed E-state index contributed by atoms with van der Waals surface area (Å²) >= 11 is 0. The lowest BCUT2D eigenvalue weighted by Crippen LogP contribution is -2.45. The van der Waals surface area contributed by atoms with Crippen LogP contribution in [0.15, 0.2) is 12.5 Å². The first-order valence-electron chi connectivity index (χ1n) is 6.14. The molecule has 0 amide bonds. The topological polar surface area (TPSA) is 50.1 Å². The Morgan fingerprint density at radius 3 is 2.88 bits per heavy atom. The molecule has 4 heteroatoms. The third-order valence-corrected chi connectivity index (χ3v) is 3.65. The third-order valence-electron chi connectivity index (χ3n) is 3.65. The highest BCUT2D eigenvalue weighted by molar-refractivity contribution is 5.01. The third kappa shape index (κ3) is 2.28. The molecule has 0 atom stereocenters. The second-order valence-electron chi connectivity index (χ2n) is 4.67. The molecule has 1 aromatic heterocycles. The number of aliphatic hydroxyl groups excluding tert-OH is 1. The van der Waals surface area contributed by atoms with Crippen molar-refractivity contribution in [3.8, 4) is 0 Å². The van der Waals surface area contributed by atoms with Gasteiger partial charge in [0.05, 0.1) is 18.6 Å². The summed E-state index contributed by atoms with van der Waals surface area (Å²) in [5.41, 5.74) is 1.16. The second-order valence-corrected chi connectivity index (χ2v) is 4.67. The predicted molar refractivity (Wildman–Crippen MR) is 63.0 cm³/mol. The molecule has 0 aromatic carbocycles. The molecular weight excluding hydrogens is 202 g/mol. The van der Waals surface area contributed by atoms with E-state index < -0.39 is 0 Å². The minimum Gasteiger partial charge on any atom is -0.394 e. The number of nitrogens with zero attached hydrogens (tertiary/aromatic N) is 2. The van der Waals surface area contributed by atoms with Gasteiger partial charge in [0, 0.05) is 24.8 Å². The van der Waals surface area contributed by atoms with Crippen LogP contribution in [-0.4, -0.2) is 26.8 Å². The van der Waals surface area contributed by atoms with Gasteiger partial charge in [-0.3, -0.25) is 0 Å². The lowest BCUT2D eigenvalue weighted by Gasteiger charge is -2.28. The Morgan fingerprint density at radius 2 is 2.25 bits per heavy atom. The van der Waals surface area contributed by atoms with Crippen LogP contribution in [0.5, 0.6) is 0 Å². The normalized spacial score (nSPS) is 19.1. The molecule has 90 valence electrons. The van der Waals surface area contributed by atoms with Gasteiger partial charge in [0.1, 0.15) is 0 Å². The van der Waals surface area contributed by atoms with Crippen molar-refractivity contribution < 1.29 is 5.11 Å². The smallest absolute Gasteiger partial charge is 0.0948 e. The van der Waals surface area contributed by atoms with E-state index >= 15 is 0 Å². The van der Waals surface area contributed by atoms with E-state index in [9.17, 15) is 5.11 Å². The number of imidazole rings is 1. The predicted octanol–water partition coefficient (Wildman–Crippen LogP) is 1.30. The Bertz CT molecular complexity index is 329. The summed E-state index contributed by atoms with van der Waals surface area (Å²) in [5, 5.41) is 13.0. The average Bonchev–Trinajstić information content (AvgIpc) is 2.96. The summed E-state index contributed by atoms with van der Waals surface area (Å²) in [5.74, 6) is 0. The van der Waals surface area contributed by atoms with Gasteiger partial charge in [-0.2, -0.15) is 0 Å². The SMILES string of the molecule is CCn1cncc1CNC1(CO)CCCC1. The van der Waals surface area contributed by atoms with E-state index in [1.54, 1.807) is 0 Å².